The van der Waals surface area contributed by atoms with Crippen molar-refractivity contribution in [2.24, 2.45) is 5.10 Å². The van der Waals surface area contributed by atoms with E-state index in [1.165, 1.54) is 22.9 Å². The number of hydrogen-bond donors (Lipinski definition) is 2. The van der Waals surface area contributed by atoms with Crippen LogP contribution in [0.4, 0.5) is 0 Å². The number of phenols is 1. The highest BCUT2D eigenvalue weighted by atomic mass is 35.5. The van der Waals surface area contributed by atoms with Crippen molar-refractivity contribution in [1.82, 2.24) is 15.0 Å². The number of carbonyl (C=O) groups excluding carboxylic acids is 1. The number of nitrogens with zero attached hydrogens (tertiary/aromatic N) is 3. The number of hydrogen-bond acceptors (Lipinski definition) is 7. The Hall–Kier alpha value is -3.14. The van der Waals surface area contributed by atoms with Crippen molar-refractivity contribution in [3.63, 3.8) is 0 Å². The van der Waals surface area contributed by atoms with Gasteiger partial charge in [0.25, 0.3) is 11.5 Å². The summed E-state index contributed by atoms with van der Waals surface area (Å²) in [4.78, 5) is 32.9. The summed E-state index contributed by atoms with van der Waals surface area (Å²) in [6, 6.07) is 13.7. The van der Waals surface area contributed by atoms with Gasteiger partial charge in [0.1, 0.15) is 10.6 Å². The Kier molecular flexibility index (Phi) is 6.90. The van der Waals surface area contributed by atoms with Gasteiger partial charge in [-0.3, -0.25) is 14.2 Å². The molecule has 35 heavy (non-hydrogen) atoms. The van der Waals surface area contributed by atoms with Crippen LogP contribution in [-0.2, 0) is 17.6 Å². The molecule has 0 saturated heterocycles. The standard InChI is InChI=1S/C25H21ClN4O3S2/c26-16-9-11-17(12-10-16)30-24(33)22-18-6-2-4-8-20(18)35-23(22)28-25(30)34-14-21(32)29-27-13-15-5-1-3-7-19(15)31/h1,3,5,7,9-13,31H,2,4,6,8,14H2,(H,29,32)/b27-13+. The smallest absolute Gasteiger partial charge is 0.267 e. The van der Waals surface area contributed by atoms with Gasteiger partial charge in [0.15, 0.2) is 5.16 Å². The molecule has 2 aromatic heterocycles. The molecule has 0 radical (unpaired) electrons. The summed E-state index contributed by atoms with van der Waals surface area (Å²) in [5.41, 5.74) is 4.58. The normalized spacial score (nSPS) is 13.3. The maximum absolute atomic E-state index is 13.7. The molecule has 0 fully saturated rings. The molecule has 178 valence electrons. The first-order chi connectivity index (χ1) is 17.0. The third-order valence-electron chi connectivity index (χ3n) is 5.70. The Morgan fingerprint density at radius 3 is 2.77 bits per heavy atom. The number of benzene rings is 2. The van der Waals surface area contributed by atoms with Crippen molar-refractivity contribution >= 4 is 57.0 Å². The number of aromatic nitrogens is 2. The van der Waals surface area contributed by atoms with Crippen molar-refractivity contribution < 1.29 is 9.90 Å². The van der Waals surface area contributed by atoms with Gasteiger partial charge in [0.2, 0.25) is 0 Å². The van der Waals surface area contributed by atoms with E-state index >= 15 is 0 Å². The molecule has 4 aromatic rings. The zero-order valence-electron chi connectivity index (χ0n) is 18.5. The second-order valence-corrected chi connectivity index (χ2v) is 10.5. The van der Waals surface area contributed by atoms with Gasteiger partial charge in [0.05, 0.1) is 23.0 Å². The lowest BCUT2D eigenvalue weighted by molar-refractivity contribution is -0.118. The number of nitrogens with one attached hydrogen (secondary N) is 1. The van der Waals surface area contributed by atoms with Gasteiger partial charge in [-0.15, -0.1) is 11.3 Å². The van der Waals surface area contributed by atoms with Crippen LogP contribution in [0.25, 0.3) is 15.9 Å². The lowest BCUT2D eigenvalue weighted by Crippen LogP contribution is -2.24. The number of phenolic OH excluding ortho intramolecular Hbond substituents is 1. The molecule has 2 aromatic carbocycles. The molecule has 1 aliphatic rings. The van der Waals surface area contributed by atoms with E-state index in [0.717, 1.165) is 31.2 Å². The van der Waals surface area contributed by atoms with E-state index in [0.29, 0.717) is 31.6 Å². The third kappa shape index (κ3) is 4.98. The molecule has 0 unspecified atom stereocenters. The van der Waals surface area contributed by atoms with Gasteiger partial charge in [-0.05, 0) is 67.6 Å². The highest BCUT2D eigenvalue weighted by Gasteiger charge is 2.23. The molecular formula is C25H21ClN4O3S2. The SMILES string of the molecule is O=C(CSc1nc2sc3c(c2c(=O)n1-c1ccc(Cl)cc1)CCCC3)N/N=C/c1ccccc1O. The Morgan fingerprint density at radius 1 is 1.20 bits per heavy atom. The number of amides is 1. The van der Waals surface area contributed by atoms with E-state index in [4.69, 9.17) is 16.6 Å². The number of aryl methyl sites for hydroxylation is 2. The van der Waals surface area contributed by atoms with Crippen LogP contribution in [0.5, 0.6) is 5.75 Å². The van der Waals surface area contributed by atoms with E-state index in [-0.39, 0.29) is 23.0 Å². The molecule has 1 aliphatic carbocycles. The van der Waals surface area contributed by atoms with E-state index in [1.807, 2.05) is 0 Å². The number of thiophene rings is 1. The second kappa shape index (κ2) is 10.2. The number of rotatable bonds is 6. The second-order valence-electron chi connectivity index (χ2n) is 8.04. The molecule has 2 N–H and O–H groups in total. The van der Waals surface area contributed by atoms with Crippen molar-refractivity contribution in [1.29, 1.82) is 0 Å². The quantitative estimate of drug-likeness (QED) is 0.161. The number of para-hydroxylation sites is 1. The Bertz CT molecular complexity index is 1500. The van der Waals surface area contributed by atoms with Crippen LogP contribution in [0, 0.1) is 0 Å². The summed E-state index contributed by atoms with van der Waals surface area (Å²) < 4.78 is 1.56. The van der Waals surface area contributed by atoms with Gasteiger partial charge in [0, 0.05) is 15.5 Å². The highest BCUT2D eigenvalue weighted by Crippen LogP contribution is 2.35. The maximum atomic E-state index is 13.7. The van der Waals surface area contributed by atoms with Crippen molar-refractivity contribution in [2.45, 2.75) is 30.8 Å². The first-order valence-electron chi connectivity index (χ1n) is 11.1. The average molecular weight is 525 g/mol. The third-order valence-corrected chi connectivity index (χ3v) is 8.08. The number of hydrazone groups is 1. The molecule has 10 heteroatoms. The maximum Gasteiger partial charge on any atom is 0.267 e. The zero-order chi connectivity index (χ0) is 24.4. The van der Waals surface area contributed by atoms with E-state index in [1.54, 1.807) is 64.4 Å². The summed E-state index contributed by atoms with van der Waals surface area (Å²) >= 11 is 8.81. The molecule has 1 amide bonds. The molecule has 0 atom stereocenters. The number of halogens is 1. The Morgan fingerprint density at radius 2 is 1.97 bits per heavy atom. The number of aromatic hydroxyl groups is 1. The van der Waals surface area contributed by atoms with E-state index in [2.05, 4.69) is 10.5 Å². The fraction of sp³-hybridized carbons (Fsp3) is 0.200. The average Bonchev–Trinajstić information content (AvgIpc) is 3.23. The van der Waals surface area contributed by atoms with Crippen molar-refractivity contribution in [3.8, 4) is 11.4 Å². The number of thioether (sulfide) groups is 1. The predicted molar refractivity (Wildman–Crippen MR) is 141 cm³/mol. The fourth-order valence-corrected chi connectivity index (χ4v) is 6.27. The predicted octanol–water partition coefficient (Wildman–Crippen LogP) is 4.93. The topological polar surface area (TPSA) is 96.6 Å². The summed E-state index contributed by atoms with van der Waals surface area (Å²) in [7, 11) is 0. The van der Waals surface area contributed by atoms with Crippen LogP contribution >= 0.6 is 34.7 Å². The first-order valence-corrected chi connectivity index (χ1v) is 13.2. The summed E-state index contributed by atoms with van der Waals surface area (Å²) in [5.74, 6) is -0.276. The highest BCUT2D eigenvalue weighted by molar-refractivity contribution is 7.99. The molecule has 0 saturated carbocycles. The van der Waals surface area contributed by atoms with Gasteiger partial charge in [-0.25, -0.2) is 10.4 Å². The monoisotopic (exact) mass is 524 g/mol. The molecule has 0 aliphatic heterocycles. The molecular weight excluding hydrogens is 504 g/mol. The van der Waals surface area contributed by atoms with Crippen LogP contribution in [0.1, 0.15) is 28.8 Å². The number of fused-ring (bicyclic) bond motifs is 3. The van der Waals surface area contributed by atoms with Crippen LogP contribution in [0.3, 0.4) is 0 Å². The van der Waals surface area contributed by atoms with Gasteiger partial charge in [-0.2, -0.15) is 5.10 Å². The minimum absolute atomic E-state index is 0.00867. The van der Waals surface area contributed by atoms with Crippen LogP contribution in [0.15, 0.2) is 63.6 Å². The van der Waals surface area contributed by atoms with Crippen LogP contribution in [0.2, 0.25) is 5.02 Å². The molecule has 7 nitrogen and oxygen atoms in total. The first kappa shape index (κ1) is 23.6. The lowest BCUT2D eigenvalue weighted by atomic mass is 9.97. The summed E-state index contributed by atoms with van der Waals surface area (Å²) in [6.07, 6.45) is 5.42. The van der Waals surface area contributed by atoms with E-state index < -0.39 is 0 Å². The zero-order valence-corrected chi connectivity index (χ0v) is 20.9. The largest absolute Gasteiger partial charge is 0.507 e. The Labute approximate surface area is 214 Å². The molecule has 5 rings (SSSR count). The Balaban J connectivity index is 1.44. The van der Waals surface area contributed by atoms with Crippen molar-refractivity contribution in [2.75, 3.05) is 5.75 Å². The minimum Gasteiger partial charge on any atom is -0.507 e. The van der Waals surface area contributed by atoms with Crippen LogP contribution < -0.4 is 11.0 Å². The van der Waals surface area contributed by atoms with Gasteiger partial charge >= 0.3 is 0 Å². The summed E-state index contributed by atoms with van der Waals surface area (Å²) in [5, 5.41) is 15.4. The molecule has 0 spiro atoms. The van der Waals surface area contributed by atoms with Crippen LogP contribution in [-0.4, -0.2) is 32.5 Å². The fourth-order valence-electron chi connectivity index (χ4n) is 4.03. The molecule has 2 heterocycles. The minimum atomic E-state index is -0.357. The summed E-state index contributed by atoms with van der Waals surface area (Å²) in [6.45, 7) is 0. The van der Waals surface area contributed by atoms with Gasteiger partial charge in [-0.1, -0.05) is 35.5 Å². The van der Waals surface area contributed by atoms with Gasteiger partial charge < -0.3 is 5.11 Å². The molecule has 0 bridgehead atoms. The van der Waals surface area contributed by atoms with Crippen molar-refractivity contribution in [3.05, 3.63) is 79.9 Å². The number of carbonyl (C=O) groups is 1. The van der Waals surface area contributed by atoms with E-state index in [9.17, 15) is 14.7 Å². The lowest BCUT2D eigenvalue weighted by Gasteiger charge is -2.13.